The quantitative estimate of drug-likeness (QED) is 0.144. The summed E-state index contributed by atoms with van der Waals surface area (Å²) in [4.78, 5) is 0. The molecular formula is C45H56. The summed E-state index contributed by atoms with van der Waals surface area (Å²) in [6, 6.07) is 31.5. The Kier molecular flexibility index (Phi) is 9.16. The second kappa shape index (κ2) is 12.9. The van der Waals surface area contributed by atoms with Crippen LogP contribution in [0.4, 0.5) is 0 Å². The Balaban J connectivity index is 1.49. The maximum atomic E-state index is 2.61. The molecule has 0 saturated carbocycles. The van der Waals surface area contributed by atoms with E-state index in [0.717, 1.165) is 11.8 Å². The van der Waals surface area contributed by atoms with Crippen LogP contribution in [0.15, 0.2) is 78.9 Å². The fourth-order valence-corrected chi connectivity index (χ4v) is 9.00. The number of rotatable bonds is 13. The van der Waals surface area contributed by atoms with Crippen LogP contribution in [0.1, 0.15) is 134 Å². The molecule has 0 radical (unpaired) electrons. The Labute approximate surface area is 274 Å². The van der Waals surface area contributed by atoms with Gasteiger partial charge in [0, 0.05) is 10.8 Å². The van der Waals surface area contributed by atoms with Crippen LogP contribution in [0.25, 0.3) is 33.4 Å². The van der Waals surface area contributed by atoms with E-state index in [2.05, 4.69) is 127 Å². The summed E-state index contributed by atoms with van der Waals surface area (Å²) >= 11 is 0. The van der Waals surface area contributed by atoms with Crippen molar-refractivity contribution < 1.29 is 0 Å². The van der Waals surface area contributed by atoms with E-state index in [1.807, 2.05) is 0 Å². The van der Waals surface area contributed by atoms with Crippen LogP contribution in [0, 0.1) is 18.8 Å². The molecule has 4 aromatic rings. The smallest absolute Gasteiger partial charge is 0.0215 e. The van der Waals surface area contributed by atoms with Gasteiger partial charge in [0.25, 0.3) is 0 Å². The van der Waals surface area contributed by atoms with Crippen molar-refractivity contribution in [3.8, 4) is 33.4 Å². The molecule has 6 rings (SSSR count). The predicted molar refractivity (Wildman–Crippen MR) is 196 cm³/mol. The van der Waals surface area contributed by atoms with Gasteiger partial charge in [0.1, 0.15) is 0 Å². The topological polar surface area (TPSA) is 0 Å². The van der Waals surface area contributed by atoms with E-state index in [-0.39, 0.29) is 10.8 Å². The lowest BCUT2D eigenvalue weighted by Crippen LogP contribution is -2.26. The van der Waals surface area contributed by atoms with Gasteiger partial charge < -0.3 is 0 Å². The molecule has 4 unspecified atom stereocenters. The molecule has 0 bridgehead atoms. The first-order chi connectivity index (χ1) is 21.8. The molecule has 0 N–H and O–H groups in total. The highest BCUT2D eigenvalue weighted by molar-refractivity contribution is 5.87. The first-order valence-electron chi connectivity index (χ1n) is 18.3. The lowest BCUT2D eigenvalue weighted by atomic mass is 9.69. The van der Waals surface area contributed by atoms with Crippen molar-refractivity contribution in [2.24, 2.45) is 11.8 Å². The Bertz CT molecular complexity index is 1650. The summed E-state index contributed by atoms with van der Waals surface area (Å²) in [6.45, 7) is 16.6. The molecule has 0 aliphatic heterocycles. The Morgan fingerprint density at radius 2 is 0.933 bits per heavy atom. The van der Waals surface area contributed by atoms with Crippen LogP contribution in [-0.2, 0) is 10.8 Å². The maximum Gasteiger partial charge on any atom is 0.0215 e. The zero-order valence-corrected chi connectivity index (χ0v) is 29.2. The molecule has 0 heterocycles. The third-order valence-electron chi connectivity index (χ3n) is 12.0. The molecule has 45 heavy (non-hydrogen) atoms. The van der Waals surface area contributed by atoms with Crippen LogP contribution < -0.4 is 0 Å². The maximum absolute atomic E-state index is 2.61. The molecule has 0 spiro atoms. The Morgan fingerprint density at radius 1 is 0.489 bits per heavy atom. The van der Waals surface area contributed by atoms with E-state index in [4.69, 9.17) is 0 Å². The summed E-state index contributed by atoms with van der Waals surface area (Å²) in [7, 11) is 0. The molecular weight excluding hydrogens is 540 g/mol. The van der Waals surface area contributed by atoms with E-state index in [1.165, 1.54) is 103 Å². The highest BCUT2D eigenvalue weighted by atomic mass is 14.5. The van der Waals surface area contributed by atoms with Crippen molar-refractivity contribution in [2.45, 2.75) is 124 Å². The lowest BCUT2D eigenvalue weighted by molar-refractivity contribution is 0.376. The summed E-state index contributed by atoms with van der Waals surface area (Å²) in [5, 5.41) is 0. The van der Waals surface area contributed by atoms with Crippen LogP contribution >= 0.6 is 0 Å². The summed E-state index contributed by atoms with van der Waals surface area (Å²) in [5.41, 5.74) is 16.5. The molecule has 236 valence electrons. The number of aryl methyl sites for hydroxylation is 1. The third-order valence-corrected chi connectivity index (χ3v) is 12.0. The second-order valence-electron chi connectivity index (χ2n) is 14.9. The van der Waals surface area contributed by atoms with Gasteiger partial charge in [-0.3, -0.25) is 0 Å². The predicted octanol–water partition coefficient (Wildman–Crippen LogP) is 13.4. The van der Waals surface area contributed by atoms with Gasteiger partial charge in [-0.15, -0.1) is 0 Å². The Morgan fingerprint density at radius 3 is 1.44 bits per heavy atom. The Hall–Kier alpha value is -3.12. The number of hydrogen-bond donors (Lipinski definition) is 0. The molecule has 2 aliphatic rings. The summed E-state index contributed by atoms with van der Waals surface area (Å²) < 4.78 is 0. The van der Waals surface area contributed by atoms with Crippen molar-refractivity contribution in [1.29, 1.82) is 0 Å². The van der Waals surface area contributed by atoms with Gasteiger partial charge in [-0.1, -0.05) is 140 Å². The molecule has 2 aliphatic carbocycles. The number of fused-ring (bicyclic) bond motifs is 6. The van der Waals surface area contributed by atoms with Crippen LogP contribution in [0.3, 0.4) is 0 Å². The summed E-state index contributed by atoms with van der Waals surface area (Å²) in [5.74, 6) is 1.50. The second-order valence-corrected chi connectivity index (χ2v) is 14.9. The first kappa shape index (κ1) is 31.8. The average Bonchev–Trinajstić information content (AvgIpc) is 3.49. The fraction of sp³-hybridized carbons (Fsp3) is 0.467. The van der Waals surface area contributed by atoms with E-state index in [1.54, 1.807) is 22.3 Å². The van der Waals surface area contributed by atoms with Gasteiger partial charge >= 0.3 is 0 Å². The van der Waals surface area contributed by atoms with E-state index >= 15 is 0 Å². The SMILES string of the molecule is CCCC1(CCC(C)CC)c2ccccc2-c2ccc(-c3ccc4c(c3)C(CCC)(CCC(C)CC)c3cc(C)ccc3-4)cc21. The van der Waals surface area contributed by atoms with Gasteiger partial charge in [-0.05, 0) is 125 Å². The van der Waals surface area contributed by atoms with Gasteiger partial charge in [0.05, 0.1) is 0 Å². The minimum atomic E-state index is 0.0973. The number of benzene rings is 4. The van der Waals surface area contributed by atoms with Crippen molar-refractivity contribution in [3.63, 3.8) is 0 Å². The van der Waals surface area contributed by atoms with Gasteiger partial charge in [-0.2, -0.15) is 0 Å². The molecule has 4 aromatic carbocycles. The van der Waals surface area contributed by atoms with E-state index in [0.29, 0.717) is 0 Å². The average molecular weight is 597 g/mol. The standard InChI is InChI=1S/C45H56/c1-8-24-44(26-22-31(5)10-3)40-15-13-12-14-36(40)38-20-17-34(29-42(38)44)35-18-21-39-37-19-16-33(7)28-41(37)45(25-9-2,43(39)30-35)27-23-32(6)11-4/h12-21,28-32H,8-11,22-27H2,1-7H3. The normalized spacial score (nSPS) is 20.8. The molecule has 0 saturated heterocycles. The monoisotopic (exact) mass is 596 g/mol. The van der Waals surface area contributed by atoms with Crippen molar-refractivity contribution >= 4 is 0 Å². The van der Waals surface area contributed by atoms with Gasteiger partial charge in [-0.25, -0.2) is 0 Å². The number of hydrogen-bond acceptors (Lipinski definition) is 0. The highest BCUT2D eigenvalue weighted by Gasteiger charge is 2.44. The largest absolute Gasteiger partial charge is 0.0653 e. The molecule has 0 nitrogen and oxygen atoms in total. The van der Waals surface area contributed by atoms with Crippen molar-refractivity contribution in [1.82, 2.24) is 0 Å². The van der Waals surface area contributed by atoms with Crippen molar-refractivity contribution in [3.05, 3.63) is 107 Å². The molecule has 4 atom stereocenters. The molecule has 0 fully saturated rings. The van der Waals surface area contributed by atoms with Gasteiger partial charge in [0.2, 0.25) is 0 Å². The highest BCUT2D eigenvalue weighted by Crippen LogP contribution is 2.57. The summed E-state index contributed by atoms with van der Waals surface area (Å²) in [6.07, 6.45) is 12.4. The van der Waals surface area contributed by atoms with Crippen LogP contribution in [-0.4, -0.2) is 0 Å². The molecule has 0 heteroatoms. The van der Waals surface area contributed by atoms with Crippen molar-refractivity contribution in [2.75, 3.05) is 0 Å². The fourth-order valence-electron chi connectivity index (χ4n) is 9.00. The zero-order chi connectivity index (χ0) is 31.8. The first-order valence-corrected chi connectivity index (χ1v) is 18.3. The molecule has 0 amide bonds. The van der Waals surface area contributed by atoms with Gasteiger partial charge in [0.15, 0.2) is 0 Å². The van der Waals surface area contributed by atoms with Crippen LogP contribution in [0.2, 0.25) is 0 Å². The zero-order valence-electron chi connectivity index (χ0n) is 29.2. The van der Waals surface area contributed by atoms with E-state index in [9.17, 15) is 0 Å². The van der Waals surface area contributed by atoms with E-state index < -0.39 is 0 Å². The lowest BCUT2D eigenvalue weighted by Gasteiger charge is -2.34. The minimum Gasteiger partial charge on any atom is -0.0653 e. The van der Waals surface area contributed by atoms with Crippen LogP contribution in [0.5, 0.6) is 0 Å². The molecule has 0 aromatic heterocycles. The minimum absolute atomic E-state index is 0.0973. The third kappa shape index (κ3) is 5.41.